The molecule has 1 aliphatic carbocycles. The Morgan fingerprint density at radius 1 is 1.05 bits per heavy atom. The summed E-state index contributed by atoms with van der Waals surface area (Å²) in [4.78, 5) is 33.4. The number of aliphatic hydroxyl groups excluding tert-OH is 1. The molecule has 6 rings (SSSR count). The zero-order chi connectivity index (χ0) is 31.1. The predicted molar refractivity (Wildman–Crippen MR) is 160 cm³/mol. The number of halogens is 3. The summed E-state index contributed by atoms with van der Waals surface area (Å²) in [6.07, 6.45) is -0.485. The first-order valence-corrected chi connectivity index (χ1v) is 16.6. The number of amides is 1. The monoisotopic (exact) mass is 633 g/mol. The molecule has 44 heavy (non-hydrogen) atoms. The minimum atomic E-state index is -4.75. The molecule has 2 aliphatic heterocycles. The molecule has 1 saturated carbocycles. The number of carbonyl (C=O) groups excluding carboxylic acids is 1. The van der Waals surface area contributed by atoms with Crippen molar-refractivity contribution in [2.75, 3.05) is 30.9 Å². The van der Waals surface area contributed by atoms with E-state index in [0.29, 0.717) is 50.0 Å². The van der Waals surface area contributed by atoms with Crippen LogP contribution in [0.4, 0.5) is 36.3 Å². The van der Waals surface area contributed by atoms with Gasteiger partial charge in [0.1, 0.15) is 0 Å². The topological polar surface area (TPSA) is 129 Å². The molecule has 4 N–H and O–H groups in total. The molecule has 0 unspecified atom stereocenters. The van der Waals surface area contributed by atoms with E-state index in [1.54, 1.807) is 42.3 Å². The molecular weight excluding hydrogens is 598 g/mol. The molecular formula is C30H35F3N5O5P. The van der Waals surface area contributed by atoms with Crippen LogP contribution in [0, 0.1) is 0 Å². The average Bonchev–Trinajstić information content (AvgIpc) is 3.28. The number of fused-ring (bicyclic) bond motifs is 1. The summed E-state index contributed by atoms with van der Waals surface area (Å²) in [5.41, 5.74) is 2.61. The van der Waals surface area contributed by atoms with Gasteiger partial charge < -0.3 is 10.0 Å². The molecule has 3 heterocycles. The van der Waals surface area contributed by atoms with E-state index in [-0.39, 0.29) is 35.7 Å². The van der Waals surface area contributed by atoms with E-state index in [0.717, 1.165) is 36.0 Å². The van der Waals surface area contributed by atoms with Crippen molar-refractivity contribution < 1.29 is 37.0 Å². The molecule has 2 aromatic carbocycles. The van der Waals surface area contributed by atoms with Crippen LogP contribution < -0.4 is 10.6 Å². The maximum absolute atomic E-state index is 14.1. The number of rotatable bonds is 7. The first kappa shape index (κ1) is 30.7. The Morgan fingerprint density at radius 3 is 2.43 bits per heavy atom. The standard InChI is InChI=1S/C30H35F3N5O5P/c1-38-16-23-22(19-5-9-21(39)10-6-19)11-12-25(26(23)28(38)40)36-27-24(30(31,32)33)15-34-29(37-27)35-20-7-3-18(4-8-20)17-44(41)42-13-2-14-43-44/h3-4,7-8,11-12,15,19,21,39,41,44H,2,5-6,9-10,13-14,16-17H2,1H3,(H2,34,35,36,37). The van der Waals surface area contributed by atoms with Gasteiger partial charge in [-0.25, -0.2) is 0 Å². The van der Waals surface area contributed by atoms with E-state index >= 15 is 0 Å². The van der Waals surface area contributed by atoms with Crippen LogP contribution in [0.25, 0.3) is 0 Å². The van der Waals surface area contributed by atoms with Gasteiger partial charge >= 0.3 is 164 Å². The summed E-state index contributed by atoms with van der Waals surface area (Å²) in [6, 6.07) is 10.4. The van der Waals surface area contributed by atoms with Gasteiger partial charge in [0.15, 0.2) is 0 Å². The van der Waals surface area contributed by atoms with Crippen molar-refractivity contribution in [1.82, 2.24) is 14.9 Å². The van der Waals surface area contributed by atoms with E-state index in [9.17, 15) is 28.0 Å². The van der Waals surface area contributed by atoms with Gasteiger partial charge in [0.05, 0.1) is 6.10 Å². The number of aromatic nitrogens is 2. The second-order valence-electron chi connectivity index (χ2n) is 11.6. The van der Waals surface area contributed by atoms with Gasteiger partial charge in [-0.1, -0.05) is 6.07 Å². The van der Waals surface area contributed by atoms with E-state index in [1.165, 1.54) is 0 Å². The number of carbonyl (C=O) groups is 1. The molecule has 1 amide bonds. The van der Waals surface area contributed by atoms with Crippen LogP contribution in [0.15, 0.2) is 42.6 Å². The second kappa shape index (κ2) is 12.2. The predicted octanol–water partition coefficient (Wildman–Crippen LogP) is 6.01. The number of alkyl halides is 3. The molecule has 1 saturated heterocycles. The summed E-state index contributed by atoms with van der Waals surface area (Å²) in [5, 5.41) is 15.7. The summed E-state index contributed by atoms with van der Waals surface area (Å²) < 4.78 is 53.1. The molecule has 3 aliphatic rings. The quantitative estimate of drug-likeness (QED) is 0.231. The van der Waals surface area contributed by atoms with Crippen molar-refractivity contribution in [2.24, 2.45) is 0 Å². The third kappa shape index (κ3) is 6.52. The Hall–Kier alpha value is -3.35. The second-order valence-corrected chi connectivity index (χ2v) is 13.9. The van der Waals surface area contributed by atoms with E-state index in [1.807, 2.05) is 6.07 Å². The zero-order valence-electron chi connectivity index (χ0n) is 24.2. The average molecular weight is 634 g/mol. The summed E-state index contributed by atoms with van der Waals surface area (Å²) >= 11 is 0. The van der Waals surface area contributed by atoms with Crippen LogP contribution in [0.2, 0.25) is 0 Å². The Labute approximate surface area is 253 Å². The molecule has 236 valence electrons. The molecule has 3 aromatic rings. The summed E-state index contributed by atoms with van der Waals surface area (Å²) in [6.45, 7) is 1.26. The van der Waals surface area contributed by atoms with Crippen LogP contribution in [-0.2, 0) is 27.9 Å². The van der Waals surface area contributed by atoms with Crippen molar-refractivity contribution in [3.05, 3.63) is 70.4 Å². The molecule has 10 nitrogen and oxygen atoms in total. The number of nitrogens with one attached hydrogen (secondary N) is 2. The third-order valence-corrected chi connectivity index (χ3v) is 10.5. The third-order valence-electron chi connectivity index (χ3n) is 8.37. The molecule has 0 radical (unpaired) electrons. The summed E-state index contributed by atoms with van der Waals surface area (Å²) in [7, 11) is -1.60. The Balaban J connectivity index is 1.26. The number of aliphatic hydroxyl groups is 1. The number of hydrogen-bond acceptors (Lipinski definition) is 9. The van der Waals surface area contributed by atoms with Crippen LogP contribution in [-0.4, -0.2) is 57.1 Å². The first-order chi connectivity index (χ1) is 21.0. The molecule has 14 heteroatoms. The minimum absolute atomic E-state index is 0.0716. The normalized spacial score (nSPS) is 22.4. The SMILES string of the molecule is CN1Cc2c(C3CCC(O)CC3)ccc(Nc3nc(Nc4ccc(C[PH]5(O)OCCCO5)cc4)ncc3C(F)(F)F)c2C1=O. The minimum Gasteiger partial charge on any atom is -0.269 e. The van der Waals surface area contributed by atoms with Gasteiger partial charge in [0, 0.05) is 13.6 Å². The molecule has 0 atom stereocenters. The van der Waals surface area contributed by atoms with E-state index in [2.05, 4.69) is 20.6 Å². The number of hydrogen-bond donors (Lipinski definition) is 4. The van der Waals surface area contributed by atoms with Crippen molar-refractivity contribution in [3.63, 3.8) is 0 Å². The van der Waals surface area contributed by atoms with Gasteiger partial charge in [-0.2, -0.15) is 0 Å². The van der Waals surface area contributed by atoms with Gasteiger partial charge in [-0.05, 0) is 42.7 Å². The molecule has 1 aromatic heterocycles. The van der Waals surface area contributed by atoms with Crippen LogP contribution in [0.5, 0.6) is 0 Å². The number of nitrogens with zero attached hydrogens (tertiary/aromatic N) is 3. The summed E-state index contributed by atoms with van der Waals surface area (Å²) in [5.74, 6) is -0.666. The molecule has 0 bridgehead atoms. The zero-order valence-corrected chi connectivity index (χ0v) is 25.2. The van der Waals surface area contributed by atoms with Gasteiger partial charge in [0.2, 0.25) is 0 Å². The fourth-order valence-electron chi connectivity index (χ4n) is 6.08. The molecule has 2 fully saturated rings. The van der Waals surface area contributed by atoms with Crippen molar-refractivity contribution in [1.29, 1.82) is 0 Å². The van der Waals surface area contributed by atoms with E-state index < -0.39 is 25.5 Å². The molecule has 0 spiro atoms. The number of anilines is 4. The van der Waals surface area contributed by atoms with Crippen LogP contribution in [0.1, 0.15) is 70.6 Å². The van der Waals surface area contributed by atoms with Crippen molar-refractivity contribution in [2.45, 2.75) is 63.0 Å². The Kier molecular flexibility index (Phi) is 8.51. The Morgan fingerprint density at radius 2 is 1.75 bits per heavy atom. The fourth-order valence-corrected chi connectivity index (χ4v) is 8.05. The van der Waals surface area contributed by atoms with Gasteiger partial charge in [0.25, 0.3) is 5.91 Å². The maximum atomic E-state index is 14.1. The van der Waals surface area contributed by atoms with Gasteiger partial charge in [-0.15, -0.1) is 0 Å². The fraction of sp³-hybridized carbons (Fsp3) is 0.433. The van der Waals surface area contributed by atoms with Crippen LogP contribution >= 0.6 is 7.94 Å². The van der Waals surface area contributed by atoms with Crippen molar-refractivity contribution >= 4 is 37.0 Å². The first-order valence-electron chi connectivity index (χ1n) is 14.7. The van der Waals surface area contributed by atoms with Crippen LogP contribution in [0.3, 0.4) is 0 Å². The number of benzene rings is 2. The smallest absolute Gasteiger partial charge is 0.269 e. The van der Waals surface area contributed by atoms with E-state index in [4.69, 9.17) is 9.05 Å². The van der Waals surface area contributed by atoms with Crippen molar-refractivity contribution in [3.8, 4) is 0 Å². The Bertz CT molecular complexity index is 1530. The van der Waals surface area contributed by atoms with Gasteiger partial charge in [-0.3, -0.25) is 4.79 Å².